The second kappa shape index (κ2) is 7.54. The molecule has 0 spiro atoms. The van der Waals surface area contributed by atoms with E-state index in [1.165, 1.54) is 11.3 Å². The van der Waals surface area contributed by atoms with Crippen molar-refractivity contribution in [3.63, 3.8) is 0 Å². The molecular weight excluding hydrogens is 360 g/mol. The molecule has 152 valence electrons. The summed E-state index contributed by atoms with van der Waals surface area (Å²) in [4.78, 5) is 19.4. The van der Waals surface area contributed by atoms with Crippen LogP contribution in [-0.4, -0.2) is 34.4 Å². The van der Waals surface area contributed by atoms with Crippen LogP contribution in [0, 0.1) is 6.92 Å². The van der Waals surface area contributed by atoms with Crippen molar-refractivity contribution in [2.24, 2.45) is 0 Å². The molecule has 0 radical (unpaired) electrons. The summed E-state index contributed by atoms with van der Waals surface area (Å²) < 4.78 is 1.96. The molecule has 0 saturated carbocycles. The van der Waals surface area contributed by atoms with E-state index >= 15 is 0 Å². The fourth-order valence-corrected chi connectivity index (χ4v) is 4.09. The average molecular weight is 391 g/mol. The fraction of sp³-hybridized carbons (Fsp3) is 0.417. The van der Waals surface area contributed by atoms with Gasteiger partial charge in [0.25, 0.3) is 5.91 Å². The number of nitrogens with zero attached hydrogens (tertiary/aromatic N) is 3. The molecule has 1 fully saturated rings. The number of imidazole rings is 1. The first-order chi connectivity index (χ1) is 13.8. The van der Waals surface area contributed by atoms with E-state index in [1.807, 2.05) is 23.5 Å². The van der Waals surface area contributed by atoms with E-state index in [9.17, 15) is 4.79 Å². The third-order valence-corrected chi connectivity index (χ3v) is 6.01. The molecule has 3 heterocycles. The number of pyridine rings is 1. The second-order valence-corrected chi connectivity index (χ2v) is 9.05. The SMILES string of the molecule is Cc1c(C(=O)NC2CCN(c3ccc(C(C)(C)C)cc3)CC2)ccc2cncn12. The summed E-state index contributed by atoms with van der Waals surface area (Å²) in [5.74, 6) is 0.00563. The Labute approximate surface area is 172 Å². The van der Waals surface area contributed by atoms with Gasteiger partial charge in [-0.25, -0.2) is 4.98 Å². The lowest BCUT2D eigenvalue weighted by atomic mass is 9.87. The van der Waals surface area contributed by atoms with Crippen molar-refractivity contribution in [2.45, 2.75) is 52.0 Å². The predicted molar refractivity (Wildman–Crippen MR) is 118 cm³/mol. The number of aryl methyl sites for hydroxylation is 1. The summed E-state index contributed by atoms with van der Waals surface area (Å²) in [6, 6.07) is 13.0. The van der Waals surface area contributed by atoms with Crippen LogP contribution >= 0.6 is 0 Å². The predicted octanol–water partition coefficient (Wildman–Crippen LogP) is 4.34. The van der Waals surface area contributed by atoms with Gasteiger partial charge in [-0.1, -0.05) is 32.9 Å². The van der Waals surface area contributed by atoms with Crippen LogP contribution in [0.15, 0.2) is 48.9 Å². The summed E-state index contributed by atoms with van der Waals surface area (Å²) in [5.41, 5.74) is 5.44. The summed E-state index contributed by atoms with van der Waals surface area (Å²) in [6.45, 7) is 10.6. The van der Waals surface area contributed by atoms with Crippen molar-refractivity contribution in [1.82, 2.24) is 14.7 Å². The van der Waals surface area contributed by atoms with Crippen LogP contribution in [0.3, 0.4) is 0 Å². The minimum atomic E-state index is 0.00563. The van der Waals surface area contributed by atoms with Crippen LogP contribution in [0.2, 0.25) is 0 Å². The molecule has 1 aromatic carbocycles. The van der Waals surface area contributed by atoms with Gasteiger partial charge in [0, 0.05) is 30.5 Å². The molecule has 3 aromatic rings. The van der Waals surface area contributed by atoms with Crippen molar-refractivity contribution >= 4 is 17.1 Å². The molecule has 1 aliphatic heterocycles. The van der Waals surface area contributed by atoms with Crippen LogP contribution in [0.25, 0.3) is 5.52 Å². The number of amides is 1. The van der Waals surface area contributed by atoms with Gasteiger partial charge in [0.05, 0.1) is 23.6 Å². The Morgan fingerprint density at radius 3 is 2.41 bits per heavy atom. The molecule has 1 aliphatic rings. The standard InChI is InChI=1S/C24H30N4O/c1-17-22(10-9-21-15-25-16-28(17)21)23(29)26-19-11-13-27(14-12-19)20-7-5-18(6-8-20)24(2,3)4/h5-10,15-16,19H,11-14H2,1-4H3,(H,26,29). The molecule has 1 amide bonds. The summed E-state index contributed by atoms with van der Waals surface area (Å²) in [5, 5.41) is 3.23. The lowest BCUT2D eigenvalue weighted by Crippen LogP contribution is -2.45. The number of fused-ring (bicyclic) bond motifs is 1. The molecule has 0 unspecified atom stereocenters. The quantitative estimate of drug-likeness (QED) is 0.724. The van der Waals surface area contributed by atoms with E-state index in [0.29, 0.717) is 0 Å². The second-order valence-electron chi connectivity index (χ2n) is 9.05. The van der Waals surface area contributed by atoms with Crippen LogP contribution in [0.1, 0.15) is 55.2 Å². The van der Waals surface area contributed by atoms with Gasteiger partial charge in [-0.05, 0) is 55.0 Å². The Hall–Kier alpha value is -2.82. The normalized spacial score (nSPS) is 15.7. The van der Waals surface area contributed by atoms with Gasteiger partial charge < -0.3 is 14.6 Å². The Kier molecular flexibility index (Phi) is 5.07. The molecule has 0 atom stereocenters. The minimum absolute atomic E-state index is 0.00563. The number of piperidine rings is 1. The van der Waals surface area contributed by atoms with Gasteiger partial charge in [0.15, 0.2) is 0 Å². The highest BCUT2D eigenvalue weighted by atomic mass is 16.1. The number of aromatic nitrogens is 2. The maximum absolute atomic E-state index is 12.8. The zero-order chi connectivity index (χ0) is 20.6. The molecule has 2 aromatic heterocycles. The van der Waals surface area contributed by atoms with Crippen molar-refractivity contribution < 1.29 is 4.79 Å². The van der Waals surface area contributed by atoms with E-state index in [4.69, 9.17) is 0 Å². The van der Waals surface area contributed by atoms with E-state index in [2.05, 4.69) is 60.2 Å². The number of carbonyl (C=O) groups excluding carboxylic acids is 1. The Morgan fingerprint density at radius 1 is 1.07 bits per heavy atom. The van der Waals surface area contributed by atoms with Crippen molar-refractivity contribution in [3.05, 3.63) is 65.7 Å². The number of hydrogen-bond donors (Lipinski definition) is 1. The Balaban J connectivity index is 1.37. The van der Waals surface area contributed by atoms with Crippen LogP contribution in [-0.2, 0) is 5.41 Å². The van der Waals surface area contributed by atoms with E-state index in [-0.39, 0.29) is 17.4 Å². The maximum atomic E-state index is 12.8. The number of carbonyl (C=O) groups is 1. The van der Waals surface area contributed by atoms with Crippen molar-refractivity contribution in [2.75, 3.05) is 18.0 Å². The molecule has 1 saturated heterocycles. The highest BCUT2D eigenvalue weighted by molar-refractivity contribution is 5.95. The zero-order valence-corrected chi connectivity index (χ0v) is 17.8. The first kappa shape index (κ1) is 19.5. The highest BCUT2D eigenvalue weighted by Crippen LogP contribution is 2.26. The highest BCUT2D eigenvalue weighted by Gasteiger charge is 2.23. The molecule has 1 N–H and O–H groups in total. The molecule has 5 nitrogen and oxygen atoms in total. The summed E-state index contributed by atoms with van der Waals surface area (Å²) in [7, 11) is 0. The summed E-state index contributed by atoms with van der Waals surface area (Å²) in [6.07, 6.45) is 5.47. The third-order valence-electron chi connectivity index (χ3n) is 6.01. The third kappa shape index (κ3) is 4.00. The van der Waals surface area contributed by atoms with Gasteiger partial charge in [-0.3, -0.25) is 4.79 Å². The molecule has 29 heavy (non-hydrogen) atoms. The Morgan fingerprint density at radius 2 is 1.76 bits per heavy atom. The van der Waals surface area contributed by atoms with Crippen LogP contribution in [0.4, 0.5) is 5.69 Å². The molecule has 0 bridgehead atoms. The van der Waals surface area contributed by atoms with Gasteiger partial charge >= 0.3 is 0 Å². The molecule has 5 heteroatoms. The van der Waals surface area contributed by atoms with Gasteiger partial charge in [0.2, 0.25) is 0 Å². The first-order valence-corrected chi connectivity index (χ1v) is 10.4. The number of nitrogens with one attached hydrogen (secondary N) is 1. The van der Waals surface area contributed by atoms with E-state index < -0.39 is 0 Å². The lowest BCUT2D eigenvalue weighted by molar-refractivity contribution is 0.0930. The van der Waals surface area contributed by atoms with Crippen LogP contribution < -0.4 is 10.2 Å². The molecule has 4 rings (SSSR count). The van der Waals surface area contributed by atoms with Gasteiger partial charge in [-0.2, -0.15) is 0 Å². The zero-order valence-electron chi connectivity index (χ0n) is 17.8. The number of benzene rings is 1. The monoisotopic (exact) mass is 390 g/mol. The largest absolute Gasteiger partial charge is 0.371 e. The van der Waals surface area contributed by atoms with E-state index in [1.54, 1.807) is 12.5 Å². The van der Waals surface area contributed by atoms with Gasteiger partial charge in [-0.15, -0.1) is 0 Å². The number of rotatable bonds is 3. The van der Waals surface area contributed by atoms with Crippen molar-refractivity contribution in [3.8, 4) is 0 Å². The maximum Gasteiger partial charge on any atom is 0.253 e. The topological polar surface area (TPSA) is 49.6 Å². The Bertz CT molecular complexity index is 1010. The van der Waals surface area contributed by atoms with E-state index in [0.717, 1.165) is 42.7 Å². The van der Waals surface area contributed by atoms with Crippen LogP contribution in [0.5, 0.6) is 0 Å². The van der Waals surface area contributed by atoms with Gasteiger partial charge in [0.1, 0.15) is 0 Å². The summed E-state index contributed by atoms with van der Waals surface area (Å²) >= 11 is 0. The molecular formula is C24H30N4O. The first-order valence-electron chi connectivity index (χ1n) is 10.4. The fourth-order valence-electron chi connectivity index (χ4n) is 4.09. The average Bonchev–Trinajstić information content (AvgIpc) is 3.18. The molecule has 0 aliphatic carbocycles. The number of anilines is 1. The number of hydrogen-bond acceptors (Lipinski definition) is 3. The minimum Gasteiger partial charge on any atom is -0.371 e. The smallest absolute Gasteiger partial charge is 0.253 e. The lowest BCUT2D eigenvalue weighted by Gasteiger charge is -2.34. The van der Waals surface area contributed by atoms with Crippen molar-refractivity contribution in [1.29, 1.82) is 0 Å².